The average molecular weight is 247 g/mol. The topological polar surface area (TPSA) is 69.4 Å². The van der Waals surface area contributed by atoms with E-state index < -0.39 is 11.9 Å². The van der Waals surface area contributed by atoms with Gasteiger partial charge in [-0.3, -0.25) is 4.79 Å². The number of hydrogen-bond donors (Lipinski definition) is 1. The van der Waals surface area contributed by atoms with Crippen LogP contribution in [0.1, 0.15) is 57.0 Å². The van der Waals surface area contributed by atoms with Crippen LogP contribution in [-0.2, 0) is 4.74 Å². The van der Waals surface area contributed by atoms with Crippen molar-refractivity contribution in [1.82, 2.24) is 0 Å². The predicted molar refractivity (Wildman–Crippen MR) is 67.6 cm³/mol. The van der Waals surface area contributed by atoms with Crippen LogP contribution in [0.5, 0.6) is 0 Å². The minimum atomic E-state index is -0.472. The molecule has 2 rings (SSSR count). The van der Waals surface area contributed by atoms with Crippen LogP contribution in [-0.4, -0.2) is 19.0 Å². The molecule has 1 aromatic rings. The highest BCUT2D eigenvalue weighted by atomic mass is 16.5. The summed E-state index contributed by atoms with van der Waals surface area (Å²) in [6.07, 6.45) is 3.34. The van der Waals surface area contributed by atoms with Gasteiger partial charge >= 0.3 is 5.97 Å². The van der Waals surface area contributed by atoms with Gasteiger partial charge in [0.1, 0.15) is 0 Å². The smallest absolute Gasteiger partial charge is 0.338 e. The molecule has 0 heterocycles. The van der Waals surface area contributed by atoms with Gasteiger partial charge in [-0.1, -0.05) is 12.5 Å². The van der Waals surface area contributed by atoms with E-state index in [0.29, 0.717) is 22.6 Å². The van der Waals surface area contributed by atoms with Gasteiger partial charge in [-0.25, -0.2) is 4.79 Å². The molecule has 0 unspecified atom stereocenters. The van der Waals surface area contributed by atoms with Crippen molar-refractivity contribution in [2.45, 2.75) is 32.1 Å². The van der Waals surface area contributed by atoms with Crippen LogP contribution >= 0.6 is 0 Å². The van der Waals surface area contributed by atoms with Crippen molar-refractivity contribution < 1.29 is 14.3 Å². The molecule has 18 heavy (non-hydrogen) atoms. The number of carbonyl (C=O) groups excluding carboxylic acids is 2. The van der Waals surface area contributed by atoms with Crippen LogP contribution in [0.25, 0.3) is 0 Å². The molecule has 1 aliphatic rings. The normalized spacial score (nSPS) is 15.0. The average Bonchev–Trinajstić information content (AvgIpc) is 2.25. The second-order valence-corrected chi connectivity index (χ2v) is 4.69. The fourth-order valence-corrected chi connectivity index (χ4v) is 2.45. The molecule has 1 aliphatic carbocycles. The minimum Gasteiger partial charge on any atom is -0.465 e. The molecule has 0 atom stereocenters. The molecule has 0 aliphatic heterocycles. The molecule has 0 spiro atoms. The summed E-state index contributed by atoms with van der Waals surface area (Å²) >= 11 is 0. The fraction of sp³-hybridized carbons (Fsp3) is 0.429. The molecule has 1 amide bonds. The van der Waals surface area contributed by atoms with Gasteiger partial charge in [-0.05, 0) is 42.9 Å². The number of benzene rings is 1. The Bertz CT molecular complexity index is 504. The molecule has 4 heteroatoms. The third-order valence-corrected chi connectivity index (χ3v) is 3.69. The second-order valence-electron chi connectivity index (χ2n) is 4.69. The molecule has 0 saturated heterocycles. The van der Waals surface area contributed by atoms with Crippen molar-refractivity contribution in [3.8, 4) is 0 Å². The van der Waals surface area contributed by atoms with Crippen molar-refractivity contribution >= 4 is 11.9 Å². The van der Waals surface area contributed by atoms with Gasteiger partial charge in [0.15, 0.2) is 0 Å². The van der Waals surface area contributed by atoms with Gasteiger partial charge in [0, 0.05) is 5.56 Å². The maximum absolute atomic E-state index is 11.6. The SMILES string of the molecule is COC(=O)c1ccc(C2CCC2)c(C(N)=O)c1C. The van der Waals surface area contributed by atoms with Gasteiger partial charge in [-0.2, -0.15) is 0 Å². The third kappa shape index (κ3) is 1.98. The van der Waals surface area contributed by atoms with Gasteiger partial charge in [0.05, 0.1) is 12.7 Å². The van der Waals surface area contributed by atoms with Gasteiger partial charge in [0.25, 0.3) is 0 Å². The quantitative estimate of drug-likeness (QED) is 0.832. The van der Waals surface area contributed by atoms with E-state index in [1.165, 1.54) is 13.5 Å². The molecule has 0 radical (unpaired) electrons. The van der Waals surface area contributed by atoms with Crippen LogP contribution in [0, 0.1) is 6.92 Å². The Balaban J connectivity index is 2.54. The largest absolute Gasteiger partial charge is 0.465 e. The van der Waals surface area contributed by atoms with E-state index in [1.807, 2.05) is 6.07 Å². The van der Waals surface area contributed by atoms with E-state index in [9.17, 15) is 9.59 Å². The van der Waals surface area contributed by atoms with E-state index >= 15 is 0 Å². The molecule has 0 bridgehead atoms. The molecule has 4 nitrogen and oxygen atoms in total. The first-order valence-electron chi connectivity index (χ1n) is 6.08. The summed E-state index contributed by atoms with van der Waals surface area (Å²) in [6.45, 7) is 1.74. The van der Waals surface area contributed by atoms with Crippen LogP contribution in [0.3, 0.4) is 0 Å². The zero-order chi connectivity index (χ0) is 13.3. The molecule has 96 valence electrons. The number of nitrogens with two attached hydrogens (primary N) is 1. The molecule has 2 N–H and O–H groups in total. The van der Waals surface area contributed by atoms with Crippen LogP contribution in [0.4, 0.5) is 0 Å². The van der Waals surface area contributed by atoms with E-state index in [4.69, 9.17) is 10.5 Å². The van der Waals surface area contributed by atoms with Crippen LogP contribution < -0.4 is 5.73 Å². The summed E-state index contributed by atoms with van der Waals surface area (Å²) in [5, 5.41) is 0. The number of carbonyl (C=O) groups is 2. The number of esters is 1. The summed E-state index contributed by atoms with van der Waals surface area (Å²) in [5.74, 6) is -0.506. The standard InChI is InChI=1S/C14H17NO3/c1-8-10(14(17)18-2)6-7-11(9-4-3-5-9)12(8)13(15)16/h6-7,9H,3-5H2,1-2H3,(H2,15,16). The second kappa shape index (κ2) is 4.80. The Hall–Kier alpha value is -1.84. The highest BCUT2D eigenvalue weighted by Gasteiger charge is 2.27. The fourth-order valence-electron chi connectivity index (χ4n) is 2.45. The number of hydrogen-bond acceptors (Lipinski definition) is 3. The van der Waals surface area contributed by atoms with Gasteiger partial charge in [0.2, 0.25) is 5.91 Å². The Kier molecular flexibility index (Phi) is 3.36. The van der Waals surface area contributed by atoms with Crippen LogP contribution in [0.15, 0.2) is 12.1 Å². The summed E-state index contributed by atoms with van der Waals surface area (Å²) in [5.41, 5.74) is 7.95. The van der Waals surface area contributed by atoms with E-state index in [-0.39, 0.29) is 0 Å². The van der Waals surface area contributed by atoms with Gasteiger partial charge in [-0.15, -0.1) is 0 Å². The predicted octanol–water partition coefficient (Wildman–Crippen LogP) is 2.15. The maximum atomic E-state index is 11.6. The minimum absolute atomic E-state index is 0.401. The number of rotatable bonds is 3. The summed E-state index contributed by atoms with van der Waals surface area (Å²) in [4.78, 5) is 23.2. The molecule has 1 saturated carbocycles. The summed E-state index contributed by atoms with van der Waals surface area (Å²) < 4.78 is 4.70. The molecular formula is C14H17NO3. The van der Waals surface area contributed by atoms with Crippen LogP contribution in [0.2, 0.25) is 0 Å². The zero-order valence-electron chi connectivity index (χ0n) is 10.7. The maximum Gasteiger partial charge on any atom is 0.338 e. The highest BCUT2D eigenvalue weighted by Crippen LogP contribution is 2.39. The molecule has 0 aromatic heterocycles. The Morgan fingerprint density at radius 3 is 2.44 bits per heavy atom. The van der Waals surface area contributed by atoms with Crippen molar-refractivity contribution in [3.63, 3.8) is 0 Å². The monoisotopic (exact) mass is 247 g/mol. The lowest BCUT2D eigenvalue weighted by Crippen LogP contribution is -2.21. The lowest BCUT2D eigenvalue weighted by atomic mass is 9.76. The number of methoxy groups -OCH3 is 1. The first-order chi connectivity index (χ1) is 8.56. The third-order valence-electron chi connectivity index (χ3n) is 3.69. The van der Waals surface area contributed by atoms with Gasteiger partial charge < -0.3 is 10.5 Å². The first kappa shape index (κ1) is 12.6. The first-order valence-corrected chi connectivity index (χ1v) is 6.08. The van der Waals surface area contributed by atoms with E-state index in [0.717, 1.165) is 18.4 Å². The summed E-state index contributed by atoms with van der Waals surface area (Å²) in [7, 11) is 1.32. The lowest BCUT2D eigenvalue weighted by Gasteiger charge is -2.28. The zero-order valence-corrected chi connectivity index (χ0v) is 10.7. The lowest BCUT2D eigenvalue weighted by molar-refractivity contribution is 0.0600. The van der Waals surface area contributed by atoms with Crippen molar-refractivity contribution in [3.05, 3.63) is 34.4 Å². The highest BCUT2D eigenvalue weighted by molar-refractivity contribution is 6.00. The van der Waals surface area contributed by atoms with Crippen molar-refractivity contribution in [2.75, 3.05) is 7.11 Å². The number of amides is 1. The molecular weight excluding hydrogens is 230 g/mol. The number of ether oxygens (including phenoxy) is 1. The Labute approximate surface area is 106 Å². The molecule has 1 fully saturated rings. The Morgan fingerprint density at radius 2 is 2.00 bits per heavy atom. The summed E-state index contributed by atoms with van der Waals surface area (Å²) in [6, 6.07) is 3.56. The van der Waals surface area contributed by atoms with Crippen molar-refractivity contribution in [2.24, 2.45) is 5.73 Å². The molecule has 1 aromatic carbocycles. The Morgan fingerprint density at radius 1 is 1.33 bits per heavy atom. The number of primary amides is 1. The van der Waals surface area contributed by atoms with E-state index in [1.54, 1.807) is 13.0 Å². The van der Waals surface area contributed by atoms with E-state index in [2.05, 4.69) is 0 Å². The van der Waals surface area contributed by atoms with Crippen molar-refractivity contribution in [1.29, 1.82) is 0 Å².